The van der Waals surface area contributed by atoms with E-state index in [1.807, 2.05) is 19.2 Å². The molecule has 1 aromatic rings. The van der Waals surface area contributed by atoms with Gasteiger partial charge in [-0.3, -0.25) is 9.69 Å². The van der Waals surface area contributed by atoms with Crippen LogP contribution in [0.1, 0.15) is 32.3 Å². The zero-order valence-corrected chi connectivity index (χ0v) is 21.0. The summed E-state index contributed by atoms with van der Waals surface area (Å²) < 4.78 is 16.4. The van der Waals surface area contributed by atoms with Gasteiger partial charge in [-0.15, -0.1) is 0 Å². The topological polar surface area (TPSA) is 101 Å². The number of amides is 1. The van der Waals surface area contributed by atoms with Gasteiger partial charge in [0.1, 0.15) is 17.5 Å². The number of fused-ring (bicyclic) bond motifs is 1. The van der Waals surface area contributed by atoms with E-state index >= 15 is 0 Å². The Morgan fingerprint density at radius 1 is 1.26 bits per heavy atom. The first-order chi connectivity index (χ1) is 16.7. The van der Waals surface area contributed by atoms with Crippen molar-refractivity contribution >= 4 is 17.7 Å². The van der Waals surface area contributed by atoms with Crippen LogP contribution in [0.2, 0.25) is 0 Å². The Bertz CT molecular complexity index is 1080. The normalized spacial score (nSPS) is 36.7. The maximum atomic E-state index is 12.7. The van der Waals surface area contributed by atoms with Crippen molar-refractivity contribution in [1.82, 2.24) is 10.2 Å². The standard InChI is InChI=1S/C26H35N3O6/c1-6-24-10-7-12-29-13-11-25(20(24)29)18-9-8-17(33-4)14-19(18)28(3)21(25)26(32,15-27-23(31)34-5)22(24)35-16(2)30/h7-10,14,20-22,32H,6,11-13,15H2,1-5H3,(H,27,31)/t20-,21+,22+,24+,25+,26?/m0/s1. The fraction of sp³-hybridized carbons (Fsp3) is 0.615. The second-order valence-corrected chi connectivity index (χ2v) is 10.3. The third-order valence-electron chi connectivity index (χ3n) is 8.92. The Morgan fingerprint density at radius 3 is 2.69 bits per heavy atom. The Labute approximate surface area is 206 Å². The summed E-state index contributed by atoms with van der Waals surface area (Å²) in [4.78, 5) is 29.2. The van der Waals surface area contributed by atoms with E-state index in [2.05, 4.69) is 40.3 Å². The van der Waals surface area contributed by atoms with Crippen LogP contribution in [0.15, 0.2) is 30.4 Å². The lowest BCUT2D eigenvalue weighted by Crippen LogP contribution is -2.81. The molecule has 0 bridgehead atoms. The second kappa shape index (κ2) is 8.13. The number of nitrogens with one attached hydrogen (secondary N) is 1. The van der Waals surface area contributed by atoms with E-state index in [1.54, 1.807) is 7.11 Å². The average molecular weight is 486 g/mol. The molecule has 190 valence electrons. The van der Waals surface area contributed by atoms with Gasteiger partial charge in [-0.25, -0.2) is 4.79 Å². The van der Waals surface area contributed by atoms with Crippen LogP contribution in [0, 0.1) is 5.41 Å². The summed E-state index contributed by atoms with van der Waals surface area (Å²) >= 11 is 0. The molecule has 5 rings (SSSR count). The maximum absolute atomic E-state index is 12.7. The van der Waals surface area contributed by atoms with Crippen molar-refractivity contribution in [1.29, 1.82) is 0 Å². The van der Waals surface area contributed by atoms with E-state index in [9.17, 15) is 14.7 Å². The molecule has 9 heteroatoms. The summed E-state index contributed by atoms with van der Waals surface area (Å²) in [6, 6.07) is 5.65. The fourth-order valence-electron chi connectivity index (χ4n) is 7.93. The molecule has 2 N–H and O–H groups in total. The minimum absolute atomic E-state index is 0.00912. The van der Waals surface area contributed by atoms with E-state index in [4.69, 9.17) is 14.2 Å². The summed E-state index contributed by atoms with van der Waals surface area (Å²) in [5, 5.41) is 15.5. The third-order valence-corrected chi connectivity index (χ3v) is 8.92. The molecular weight excluding hydrogens is 450 g/mol. The van der Waals surface area contributed by atoms with Crippen LogP contribution in [0.5, 0.6) is 5.75 Å². The number of methoxy groups -OCH3 is 2. The highest BCUT2D eigenvalue weighted by molar-refractivity contribution is 5.72. The van der Waals surface area contributed by atoms with E-state index in [0.717, 1.165) is 36.5 Å². The van der Waals surface area contributed by atoms with Crippen molar-refractivity contribution in [2.75, 3.05) is 45.8 Å². The van der Waals surface area contributed by atoms with Crippen LogP contribution in [0.4, 0.5) is 10.5 Å². The number of benzene rings is 1. The number of aliphatic hydroxyl groups is 1. The zero-order valence-electron chi connectivity index (χ0n) is 21.0. The van der Waals surface area contributed by atoms with Gasteiger partial charge in [-0.05, 0) is 31.0 Å². The molecule has 0 aromatic heterocycles. The molecule has 6 atom stereocenters. The van der Waals surface area contributed by atoms with E-state index in [1.165, 1.54) is 14.0 Å². The van der Waals surface area contributed by atoms with Crippen molar-refractivity contribution < 1.29 is 28.9 Å². The average Bonchev–Trinajstić information content (AvgIpc) is 3.36. The number of hydrogen-bond acceptors (Lipinski definition) is 8. The van der Waals surface area contributed by atoms with Gasteiger partial charge in [-0.1, -0.05) is 25.1 Å². The molecule has 1 spiro atoms. The third kappa shape index (κ3) is 3.00. The van der Waals surface area contributed by atoms with Crippen LogP contribution < -0.4 is 15.0 Å². The highest BCUT2D eigenvalue weighted by atomic mass is 16.6. The molecule has 9 nitrogen and oxygen atoms in total. The molecule has 35 heavy (non-hydrogen) atoms. The van der Waals surface area contributed by atoms with Gasteiger partial charge < -0.3 is 29.5 Å². The zero-order chi connectivity index (χ0) is 25.2. The fourth-order valence-corrected chi connectivity index (χ4v) is 7.93. The Balaban J connectivity index is 1.79. The summed E-state index contributed by atoms with van der Waals surface area (Å²) in [6.07, 6.45) is 4.24. The molecule has 4 aliphatic rings. The van der Waals surface area contributed by atoms with Crippen LogP contribution >= 0.6 is 0 Å². The Hall–Kier alpha value is -2.78. The monoisotopic (exact) mass is 485 g/mol. The first-order valence-electron chi connectivity index (χ1n) is 12.2. The number of anilines is 1. The first-order valence-corrected chi connectivity index (χ1v) is 12.2. The van der Waals surface area contributed by atoms with E-state index in [-0.39, 0.29) is 12.6 Å². The molecule has 1 unspecified atom stereocenters. The molecule has 0 radical (unpaired) electrons. The van der Waals surface area contributed by atoms with Crippen LogP contribution in [-0.2, 0) is 19.7 Å². The van der Waals surface area contributed by atoms with Crippen LogP contribution in [0.3, 0.4) is 0 Å². The molecule has 2 fully saturated rings. The van der Waals surface area contributed by atoms with E-state index < -0.39 is 40.6 Å². The number of ether oxygens (including phenoxy) is 3. The molecule has 1 amide bonds. The van der Waals surface area contributed by atoms with Gasteiger partial charge >= 0.3 is 12.1 Å². The number of nitrogens with zero attached hydrogens (tertiary/aromatic N) is 2. The van der Waals surface area contributed by atoms with Gasteiger partial charge in [0, 0.05) is 49.1 Å². The minimum Gasteiger partial charge on any atom is -0.497 e. The number of carbonyl (C=O) groups is 2. The predicted molar refractivity (Wildman–Crippen MR) is 130 cm³/mol. The lowest BCUT2D eigenvalue weighted by atomic mass is 9.47. The largest absolute Gasteiger partial charge is 0.497 e. The lowest BCUT2D eigenvalue weighted by Gasteiger charge is -2.64. The van der Waals surface area contributed by atoms with Crippen molar-refractivity contribution in [3.05, 3.63) is 35.9 Å². The number of esters is 1. The molecular formula is C26H35N3O6. The Kier molecular flexibility index (Phi) is 5.56. The van der Waals surface area contributed by atoms with Crippen LogP contribution in [0.25, 0.3) is 0 Å². The number of alkyl carbamates (subject to hydrolysis) is 1. The first kappa shape index (κ1) is 23.9. The van der Waals surface area contributed by atoms with Crippen molar-refractivity contribution in [2.45, 2.75) is 55.9 Å². The van der Waals surface area contributed by atoms with Gasteiger partial charge in [-0.2, -0.15) is 0 Å². The minimum atomic E-state index is -1.61. The number of likely N-dealkylation sites (N-methyl/N-ethyl adjacent to an activating group) is 1. The van der Waals surface area contributed by atoms with Crippen molar-refractivity contribution in [2.24, 2.45) is 5.41 Å². The molecule has 1 aromatic carbocycles. The molecule has 1 saturated carbocycles. The number of hydrogen-bond donors (Lipinski definition) is 2. The quantitative estimate of drug-likeness (QED) is 0.481. The number of carbonyl (C=O) groups excluding carboxylic acids is 2. The van der Waals surface area contributed by atoms with Gasteiger partial charge in [0.25, 0.3) is 0 Å². The lowest BCUT2D eigenvalue weighted by molar-refractivity contribution is -0.217. The smallest absolute Gasteiger partial charge is 0.406 e. The summed E-state index contributed by atoms with van der Waals surface area (Å²) in [5.74, 6) is 0.272. The van der Waals surface area contributed by atoms with E-state index in [0.29, 0.717) is 6.42 Å². The van der Waals surface area contributed by atoms with Gasteiger partial charge in [0.2, 0.25) is 0 Å². The molecule has 1 aliphatic carbocycles. The maximum Gasteiger partial charge on any atom is 0.406 e. The van der Waals surface area contributed by atoms with Crippen molar-refractivity contribution in [3.8, 4) is 5.75 Å². The van der Waals surface area contributed by atoms with Crippen molar-refractivity contribution in [3.63, 3.8) is 0 Å². The SMILES string of the molecule is CC[C@]12C=CCN3CC[C@@]4(c5ccc(OC)cc5N(C)[C@H]4C(O)(CNC(=O)OC)[C@@H]1OC(C)=O)[C@@H]32. The predicted octanol–water partition coefficient (Wildman–Crippen LogP) is 1.82. The van der Waals surface area contributed by atoms with Crippen LogP contribution in [-0.4, -0.2) is 86.8 Å². The number of rotatable bonds is 5. The highest BCUT2D eigenvalue weighted by Crippen LogP contribution is 2.67. The summed E-state index contributed by atoms with van der Waals surface area (Å²) in [5.41, 5.74) is -0.558. The summed E-state index contributed by atoms with van der Waals surface area (Å²) in [7, 11) is 4.89. The Morgan fingerprint density at radius 2 is 2.03 bits per heavy atom. The van der Waals surface area contributed by atoms with Gasteiger partial charge in [0.15, 0.2) is 0 Å². The molecule has 3 heterocycles. The second-order valence-electron chi connectivity index (χ2n) is 10.3. The van der Waals surface area contributed by atoms with Gasteiger partial charge in [0.05, 0.1) is 26.8 Å². The highest BCUT2D eigenvalue weighted by Gasteiger charge is 2.77. The molecule has 1 saturated heterocycles. The molecule has 3 aliphatic heterocycles. The summed E-state index contributed by atoms with van der Waals surface area (Å²) in [6.45, 7) is 5.00.